The minimum atomic E-state index is -0.613. The molecule has 1 aliphatic rings. The van der Waals surface area contributed by atoms with E-state index in [1.165, 1.54) is 6.20 Å². The van der Waals surface area contributed by atoms with E-state index in [0.717, 1.165) is 31.6 Å². The molecule has 1 atom stereocenters. The van der Waals surface area contributed by atoms with Crippen LogP contribution in [0.15, 0.2) is 60.8 Å². The molecule has 0 bridgehead atoms. The Balaban J connectivity index is 1.52. The van der Waals surface area contributed by atoms with Crippen molar-refractivity contribution in [1.29, 1.82) is 0 Å². The number of para-hydroxylation sites is 1. The van der Waals surface area contributed by atoms with Crippen molar-refractivity contribution >= 4 is 34.8 Å². The van der Waals surface area contributed by atoms with E-state index in [1.54, 1.807) is 29.2 Å². The number of primary amides is 1. The highest BCUT2D eigenvalue weighted by molar-refractivity contribution is 5.98. The maximum Gasteiger partial charge on any atom is 0.321 e. The Kier molecular flexibility index (Phi) is 6.82. The molecule has 1 aliphatic heterocycles. The Bertz CT molecular complexity index is 1190. The van der Waals surface area contributed by atoms with Crippen LogP contribution in [0.5, 0.6) is 5.75 Å². The number of nitrogens with one attached hydrogen (secondary N) is 3. The number of carbonyl (C=O) groups is 2. The lowest BCUT2D eigenvalue weighted by Crippen LogP contribution is -2.32. The molecule has 1 saturated heterocycles. The third-order valence-corrected chi connectivity index (χ3v) is 5.72. The van der Waals surface area contributed by atoms with Crippen LogP contribution < -0.4 is 21.7 Å². The fourth-order valence-corrected chi connectivity index (χ4v) is 3.95. The number of benzene rings is 2. The van der Waals surface area contributed by atoms with E-state index >= 15 is 0 Å². The normalized spacial score (nSPS) is 13.9. The zero-order valence-electron chi connectivity index (χ0n) is 18.9. The van der Waals surface area contributed by atoms with Crippen LogP contribution in [0, 0.1) is 0 Å². The first-order valence-electron chi connectivity index (χ1n) is 11.2. The van der Waals surface area contributed by atoms with E-state index in [2.05, 4.69) is 20.9 Å². The molecule has 3 amide bonds. The van der Waals surface area contributed by atoms with E-state index < -0.39 is 5.91 Å². The molecule has 1 unspecified atom stereocenters. The Morgan fingerprint density at radius 3 is 2.53 bits per heavy atom. The zero-order valence-corrected chi connectivity index (χ0v) is 18.9. The Hall–Kier alpha value is -4.27. The van der Waals surface area contributed by atoms with Crippen molar-refractivity contribution in [1.82, 2.24) is 9.88 Å². The number of nitrogens with two attached hydrogens (primary N) is 1. The highest BCUT2D eigenvalue weighted by atomic mass is 16.3. The van der Waals surface area contributed by atoms with Gasteiger partial charge in [0.2, 0.25) is 0 Å². The fraction of sp³-hybridized carbons (Fsp3) is 0.240. The maximum atomic E-state index is 12.4. The Morgan fingerprint density at radius 1 is 1.06 bits per heavy atom. The molecular formula is C25H28N6O3. The van der Waals surface area contributed by atoms with Gasteiger partial charge in [0.1, 0.15) is 11.6 Å². The van der Waals surface area contributed by atoms with Gasteiger partial charge in [-0.25, -0.2) is 9.78 Å². The van der Waals surface area contributed by atoms with Gasteiger partial charge in [0.05, 0.1) is 17.3 Å². The first-order valence-corrected chi connectivity index (χ1v) is 11.2. The summed E-state index contributed by atoms with van der Waals surface area (Å²) in [7, 11) is 0. The first kappa shape index (κ1) is 22.9. The molecule has 9 nitrogen and oxygen atoms in total. The number of nitrogens with zero attached hydrogens (tertiary/aromatic N) is 2. The van der Waals surface area contributed by atoms with Gasteiger partial charge in [0.15, 0.2) is 0 Å². The molecular weight excluding hydrogens is 432 g/mol. The molecule has 6 N–H and O–H groups in total. The quantitative estimate of drug-likeness (QED) is 0.354. The molecule has 2 aromatic carbocycles. The van der Waals surface area contributed by atoms with Crippen LogP contribution in [0.4, 0.5) is 27.7 Å². The number of pyridine rings is 1. The number of aromatic hydroxyl groups is 1. The minimum absolute atomic E-state index is 0.108. The number of likely N-dealkylation sites (tertiary alicyclic amines) is 1. The van der Waals surface area contributed by atoms with Crippen molar-refractivity contribution in [3.8, 4) is 5.75 Å². The van der Waals surface area contributed by atoms with Crippen LogP contribution in [0.3, 0.4) is 0 Å². The summed E-state index contributed by atoms with van der Waals surface area (Å²) in [6.07, 6.45) is 3.46. The summed E-state index contributed by atoms with van der Waals surface area (Å²) in [5, 5.41) is 19.5. The monoisotopic (exact) mass is 460 g/mol. The third kappa shape index (κ3) is 5.37. The lowest BCUT2D eigenvalue weighted by Gasteiger charge is -2.19. The van der Waals surface area contributed by atoms with Gasteiger partial charge < -0.3 is 31.7 Å². The second kappa shape index (κ2) is 10.1. The number of carbonyl (C=O) groups excluding carboxylic acids is 2. The molecule has 9 heteroatoms. The molecule has 0 aliphatic carbocycles. The number of rotatable bonds is 7. The molecule has 0 spiro atoms. The summed E-state index contributed by atoms with van der Waals surface area (Å²) in [5.41, 5.74) is 8.34. The number of anilines is 4. The van der Waals surface area contributed by atoms with Gasteiger partial charge in [0.25, 0.3) is 5.91 Å². The zero-order chi connectivity index (χ0) is 24.1. The van der Waals surface area contributed by atoms with Crippen molar-refractivity contribution in [2.45, 2.75) is 25.8 Å². The summed E-state index contributed by atoms with van der Waals surface area (Å²) in [5.74, 6) is 0.0287. The van der Waals surface area contributed by atoms with Crippen molar-refractivity contribution < 1.29 is 14.7 Å². The minimum Gasteiger partial charge on any atom is -0.508 e. The van der Waals surface area contributed by atoms with Crippen LogP contribution in [0.1, 0.15) is 41.7 Å². The topological polar surface area (TPSA) is 133 Å². The van der Waals surface area contributed by atoms with E-state index in [-0.39, 0.29) is 23.4 Å². The van der Waals surface area contributed by atoms with Crippen LogP contribution in [-0.4, -0.2) is 40.0 Å². The molecule has 176 valence electrons. The summed E-state index contributed by atoms with van der Waals surface area (Å²) in [6, 6.07) is 15.6. The number of hydrogen-bond acceptors (Lipinski definition) is 6. The SMILES string of the molecule is CC(Nc1cc(Nc2cccc(NC(=O)N3CCCC3)c2)ncc1C(N)=O)c1ccccc1O. The van der Waals surface area contributed by atoms with Gasteiger partial charge in [-0.2, -0.15) is 0 Å². The summed E-state index contributed by atoms with van der Waals surface area (Å²) < 4.78 is 0. The molecule has 0 radical (unpaired) electrons. The average Bonchev–Trinajstić information content (AvgIpc) is 3.35. The Morgan fingerprint density at radius 2 is 1.79 bits per heavy atom. The number of aromatic nitrogens is 1. The van der Waals surface area contributed by atoms with Crippen molar-refractivity contribution in [3.63, 3.8) is 0 Å². The van der Waals surface area contributed by atoms with Crippen molar-refractivity contribution in [3.05, 3.63) is 71.9 Å². The number of phenols is 1. The highest BCUT2D eigenvalue weighted by Gasteiger charge is 2.18. The third-order valence-electron chi connectivity index (χ3n) is 5.72. The predicted molar refractivity (Wildman–Crippen MR) is 132 cm³/mol. The van der Waals surface area contributed by atoms with Gasteiger partial charge in [0, 0.05) is 42.3 Å². The van der Waals surface area contributed by atoms with Gasteiger partial charge >= 0.3 is 6.03 Å². The standard InChI is InChI=1S/C25H28N6O3/c1-16(19-9-2-3-10-22(19)32)28-21-14-23(27-15-20(21)24(26)33)29-17-7-6-8-18(13-17)30-25(34)31-11-4-5-12-31/h2-3,6-10,13-16,32H,4-5,11-12H2,1H3,(H2,26,33)(H,30,34)(H2,27,28,29). The lowest BCUT2D eigenvalue weighted by atomic mass is 10.1. The molecule has 0 saturated carbocycles. The van der Waals surface area contributed by atoms with E-state index in [4.69, 9.17) is 5.73 Å². The second-order valence-electron chi connectivity index (χ2n) is 8.23. The predicted octanol–water partition coefficient (Wildman–Crippen LogP) is 4.43. The van der Waals surface area contributed by atoms with Gasteiger partial charge in [-0.1, -0.05) is 24.3 Å². The van der Waals surface area contributed by atoms with Crippen LogP contribution in [-0.2, 0) is 0 Å². The van der Waals surface area contributed by atoms with Crippen LogP contribution >= 0.6 is 0 Å². The van der Waals surface area contributed by atoms with Gasteiger partial charge in [-0.15, -0.1) is 0 Å². The molecule has 1 fully saturated rings. The van der Waals surface area contributed by atoms with E-state index in [9.17, 15) is 14.7 Å². The number of hydrogen-bond donors (Lipinski definition) is 5. The largest absolute Gasteiger partial charge is 0.508 e. The summed E-state index contributed by atoms with van der Waals surface area (Å²) in [6.45, 7) is 3.42. The fourth-order valence-electron chi connectivity index (χ4n) is 3.95. The van der Waals surface area contributed by atoms with E-state index in [0.29, 0.717) is 22.8 Å². The number of phenolic OH excluding ortho intramolecular Hbond substituents is 1. The second-order valence-corrected chi connectivity index (χ2v) is 8.23. The van der Waals surface area contributed by atoms with Crippen molar-refractivity contribution in [2.24, 2.45) is 5.73 Å². The van der Waals surface area contributed by atoms with E-state index in [1.807, 2.05) is 37.3 Å². The summed E-state index contributed by atoms with van der Waals surface area (Å²) in [4.78, 5) is 30.5. The molecule has 2 heterocycles. The molecule has 34 heavy (non-hydrogen) atoms. The number of urea groups is 1. The maximum absolute atomic E-state index is 12.4. The Labute approximate surface area is 198 Å². The highest BCUT2D eigenvalue weighted by Crippen LogP contribution is 2.30. The van der Waals surface area contributed by atoms with Gasteiger partial charge in [-0.3, -0.25) is 4.79 Å². The lowest BCUT2D eigenvalue weighted by molar-refractivity contribution is 0.100. The molecule has 4 rings (SSSR count). The molecule has 3 aromatic rings. The number of amides is 3. The van der Waals surface area contributed by atoms with Crippen LogP contribution in [0.2, 0.25) is 0 Å². The average molecular weight is 461 g/mol. The van der Waals surface area contributed by atoms with Crippen LogP contribution in [0.25, 0.3) is 0 Å². The molecule has 1 aromatic heterocycles. The first-order chi connectivity index (χ1) is 16.4. The summed E-state index contributed by atoms with van der Waals surface area (Å²) >= 11 is 0. The van der Waals surface area contributed by atoms with Crippen molar-refractivity contribution in [2.75, 3.05) is 29.0 Å². The van der Waals surface area contributed by atoms with Gasteiger partial charge in [-0.05, 0) is 44.0 Å². The smallest absolute Gasteiger partial charge is 0.321 e.